The van der Waals surface area contributed by atoms with Crippen LogP contribution in [0.1, 0.15) is 12.0 Å². The smallest absolute Gasteiger partial charge is 0.298 e. The third-order valence-corrected chi connectivity index (χ3v) is 5.10. The van der Waals surface area contributed by atoms with Crippen LogP contribution < -0.4 is 10.2 Å². The predicted molar refractivity (Wildman–Crippen MR) is 110 cm³/mol. The number of hydrogen-bond acceptors (Lipinski definition) is 5. The monoisotopic (exact) mass is 378 g/mol. The molecular formula is C22H26N4O2. The van der Waals surface area contributed by atoms with Gasteiger partial charge in [-0.1, -0.05) is 42.5 Å². The number of carbonyl (C=O) groups is 1. The average Bonchev–Trinajstić information content (AvgIpc) is 3.17. The molecule has 0 aliphatic carbocycles. The predicted octanol–water partition coefficient (Wildman–Crippen LogP) is 2.70. The summed E-state index contributed by atoms with van der Waals surface area (Å²) in [5.74, 6) is 0.100. The first-order valence-electron chi connectivity index (χ1n) is 9.91. The van der Waals surface area contributed by atoms with Crippen LogP contribution in [0, 0.1) is 0 Å². The molecule has 4 rings (SSSR count). The summed E-state index contributed by atoms with van der Waals surface area (Å²) in [5, 5.41) is 3.04. The van der Waals surface area contributed by atoms with E-state index in [2.05, 4.69) is 44.4 Å². The molecule has 0 radical (unpaired) electrons. The molecule has 1 fully saturated rings. The third-order valence-electron chi connectivity index (χ3n) is 5.10. The Morgan fingerprint density at radius 1 is 1.00 bits per heavy atom. The van der Waals surface area contributed by atoms with Gasteiger partial charge in [-0.3, -0.25) is 9.69 Å². The van der Waals surface area contributed by atoms with Crippen molar-refractivity contribution in [1.29, 1.82) is 0 Å². The van der Waals surface area contributed by atoms with Gasteiger partial charge in [-0.2, -0.15) is 4.98 Å². The Morgan fingerprint density at radius 3 is 2.54 bits per heavy atom. The number of nitrogens with one attached hydrogen (secondary N) is 1. The molecule has 28 heavy (non-hydrogen) atoms. The molecule has 1 amide bonds. The van der Waals surface area contributed by atoms with E-state index >= 15 is 0 Å². The molecule has 1 N–H and O–H groups in total. The Balaban J connectivity index is 1.17. The molecule has 0 saturated carbocycles. The molecule has 1 saturated heterocycles. The SMILES string of the molecule is O=C(CN1CCN(c2nc3ccccc3o2)CC1)NCCCc1ccccc1. The highest BCUT2D eigenvalue weighted by Crippen LogP contribution is 2.22. The van der Waals surface area contributed by atoms with Gasteiger partial charge in [0, 0.05) is 32.7 Å². The van der Waals surface area contributed by atoms with Crippen molar-refractivity contribution in [2.24, 2.45) is 0 Å². The fraction of sp³-hybridized carbons (Fsp3) is 0.364. The summed E-state index contributed by atoms with van der Waals surface area (Å²) in [6, 6.07) is 18.9. The largest absolute Gasteiger partial charge is 0.423 e. The minimum atomic E-state index is 0.100. The van der Waals surface area contributed by atoms with Crippen molar-refractivity contribution < 1.29 is 9.21 Å². The summed E-state index contributed by atoms with van der Waals surface area (Å²) < 4.78 is 5.84. The number of para-hydroxylation sites is 2. The quantitative estimate of drug-likeness (QED) is 0.641. The Morgan fingerprint density at radius 2 is 1.75 bits per heavy atom. The van der Waals surface area contributed by atoms with E-state index in [0.29, 0.717) is 12.6 Å². The fourth-order valence-electron chi connectivity index (χ4n) is 3.52. The first kappa shape index (κ1) is 18.5. The molecule has 1 aliphatic heterocycles. The lowest BCUT2D eigenvalue weighted by atomic mass is 10.1. The highest BCUT2D eigenvalue weighted by molar-refractivity contribution is 5.78. The van der Waals surface area contributed by atoms with Crippen LogP contribution in [0.25, 0.3) is 11.1 Å². The third kappa shape index (κ3) is 4.70. The van der Waals surface area contributed by atoms with Gasteiger partial charge in [0.1, 0.15) is 5.52 Å². The van der Waals surface area contributed by atoms with E-state index in [1.807, 2.05) is 30.3 Å². The van der Waals surface area contributed by atoms with Gasteiger partial charge >= 0.3 is 0 Å². The van der Waals surface area contributed by atoms with Crippen LogP contribution in [-0.2, 0) is 11.2 Å². The number of nitrogens with zero attached hydrogens (tertiary/aromatic N) is 3. The van der Waals surface area contributed by atoms with E-state index in [-0.39, 0.29) is 5.91 Å². The lowest BCUT2D eigenvalue weighted by Crippen LogP contribution is -2.49. The van der Waals surface area contributed by atoms with Crippen molar-refractivity contribution in [3.05, 3.63) is 60.2 Å². The molecule has 0 bridgehead atoms. The van der Waals surface area contributed by atoms with E-state index in [1.54, 1.807) is 0 Å². The van der Waals surface area contributed by atoms with E-state index in [1.165, 1.54) is 5.56 Å². The highest BCUT2D eigenvalue weighted by atomic mass is 16.4. The van der Waals surface area contributed by atoms with Crippen LogP contribution in [0.15, 0.2) is 59.0 Å². The number of anilines is 1. The Bertz CT molecular complexity index is 868. The van der Waals surface area contributed by atoms with Crippen molar-refractivity contribution in [3.63, 3.8) is 0 Å². The van der Waals surface area contributed by atoms with Crippen molar-refractivity contribution in [1.82, 2.24) is 15.2 Å². The maximum atomic E-state index is 12.2. The molecule has 6 nitrogen and oxygen atoms in total. The van der Waals surface area contributed by atoms with Crippen molar-refractivity contribution in [3.8, 4) is 0 Å². The normalized spacial score (nSPS) is 15.1. The van der Waals surface area contributed by atoms with E-state index in [9.17, 15) is 4.79 Å². The number of piperazine rings is 1. The Labute approximate surface area is 165 Å². The van der Waals surface area contributed by atoms with Gasteiger partial charge < -0.3 is 14.6 Å². The molecule has 2 heterocycles. The Kier molecular flexibility index (Phi) is 5.87. The number of rotatable bonds is 7. The van der Waals surface area contributed by atoms with Crippen molar-refractivity contribution in [2.45, 2.75) is 12.8 Å². The second kappa shape index (κ2) is 8.89. The molecule has 1 aromatic heterocycles. The van der Waals surface area contributed by atoms with Crippen LogP contribution >= 0.6 is 0 Å². The minimum Gasteiger partial charge on any atom is -0.423 e. The molecule has 6 heteroatoms. The van der Waals surface area contributed by atoms with Gasteiger partial charge in [0.2, 0.25) is 5.91 Å². The zero-order valence-electron chi connectivity index (χ0n) is 16.0. The van der Waals surface area contributed by atoms with Gasteiger partial charge in [0.05, 0.1) is 6.54 Å². The maximum Gasteiger partial charge on any atom is 0.298 e. The number of hydrogen-bond donors (Lipinski definition) is 1. The molecular weight excluding hydrogens is 352 g/mol. The topological polar surface area (TPSA) is 61.6 Å². The fourth-order valence-corrected chi connectivity index (χ4v) is 3.52. The van der Waals surface area contributed by atoms with Crippen molar-refractivity contribution >= 4 is 23.0 Å². The molecule has 3 aromatic rings. The summed E-state index contributed by atoms with van der Waals surface area (Å²) in [5.41, 5.74) is 3.01. The number of aromatic nitrogens is 1. The first-order valence-corrected chi connectivity index (χ1v) is 9.91. The Hall–Kier alpha value is -2.86. The zero-order chi connectivity index (χ0) is 19.2. The van der Waals surface area contributed by atoms with Crippen LogP contribution in [0.3, 0.4) is 0 Å². The summed E-state index contributed by atoms with van der Waals surface area (Å²) in [6.07, 6.45) is 1.95. The van der Waals surface area contributed by atoms with Crippen LogP contribution in [-0.4, -0.2) is 55.1 Å². The number of benzene rings is 2. The second-order valence-electron chi connectivity index (χ2n) is 7.17. The standard InChI is InChI=1S/C22H26N4O2/c27-21(23-12-6-9-18-7-2-1-3-8-18)17-25-13-15-26(16-14-25)22-24-19-10-4-5-11-20(19)28-22/h1-5,7-8,10-11H,6,9,12-17H2,(H,23,27). The number of aryl methyl sites for hydroxylation is 1. The lowest BCUT2D eigenvalue weighted by Gasteiger charge is -2.33. The van der Waals surface area contributed by atoms with E-state index in [0.717, 1.165) is 56.7 Å². The molecule has 1 aliphatic rings. The summed E-state index contributed by atoms with van der Waals surface area (Å²) >= 11 is 0. The summed E-state index contributed by atoms with van der Waals surface area (Å²) in [7, 11) is 0. The molecule has 0 atom stereocenters. The second-order valence-corrected chi connectivity index (χ2v) is 7.17. The molecule has 2 aromatic carbocycles. The zero-order valence-corrected chi connectivity index (χ0v) is 16.0. The van der Waals surface area contributed by atoms with Gasteiger partial charge in [0.15, 0.2) is 5.58 Å². The first-order chi connectivity index (χ1) is 13.8. The van der Waals surface area contributed by atoms with Gasteiger partial charge in [0.25, 0.3) is 6.01 Å². The van der Waals surface area contributed by atoms with Crippen LogP contribution in [0.2, 0.25) is 0 Å². The summed E-state index contributed by atoms with van der Waals surface area (Å²) in [6.45, 7) is 4.46. The number of fused-ring (bicyclic) bond motifs is 1. The maximum absolute atomic E-state index is 12.2. The lowest BCUT2D eigenvalue weighted by molar-refractivity contribution is -0.122. The van der Waals surface area contributed by atoms with Crippen LogP contribution in [0.5, 0.6) is 0 Å². The van der Waals surface area contributed by atoms with Crippen LogP contribution in [0.4, 0.5) is 6.01 Å². The highest BCUT2D eigenvalue weighted by Gasteiger charge is 2.22. The number of carbonyl (C=O) groups excluding carboxylic acids is 1. The minimum absolute atomic E-state index is 0.100. The van der Waals surface area contributed by atoms with E-state index < -0.39 is 0 Å². The van der Waals surface area contributed by atoms with E-state index in [4.69, 9.17) is 4.42 Å². The van der Waals surface area contributed by atoms with Gasteiger partial charge in [-0.05, 0) is 30.5 Å². The van der Waals surface area contributed by atoms with Gasteiger partial charge in [-0.15, -0.1) is 0 Å². The number of amides is 1. The summed E-state index contributed by atoms with van der Waals surface area (Å²) in [4.78, 5) is 21.1. The molecule has 0 unspecified atom stereocenters. The average molecular weight is 378 g/mol. The van der Waals surface area contributed by atoms with Gasteiger partial charge in [-0.25, -0.2) is 0 Å². The van der Waals surface area contributed by atoms with Crippen molar-refractivity contribution in [2.75, 3.05) is 44.2 Å². The number of oxazole rings is 1. The molecule has 0 spiro atoms. The molecule has 146 valence electrons.